The van der Waals surface area contributed by atoms with Crippen LogP contribution in [0.1, 0.15) is 85.7 Å². The van der Waals surface area contributed by atoms with Crippen molar-refractivity contribution in [3.8, 4) is 17.2 Å². The molecule has 3 rings (SSSR count). The second-order valence-corrected chi connectivity index (χ2v) is 7.97. The highest BCUT2D eigenvalue weighted by molar-refractivity contribution is 5.92. The average Bonchev–Trinajstić information content (AvgIpc) is 2.74. The maximum atomic E-state index is 11.9. The van der Waals surface area contributed by atoms with E-state index in [1.807, 2.05) is 24.3 Å². The summed E-state index contributed by atoms with van der Waals surface area (Å²) in [7, 11) is 0. The van der Waals surface area contributed by atoms with Gasteiger partial charge in [-0.25, -0.2) is 4.79 Å². The molecule has 0 atom stereocenters. The molecule has 0 unspecified atom stereocenters. The zero-order valence-electron chi connectivity index (χ0n) is 16.7. The monoisotopic (exact) mass is 375 g/mol. The highest BCUT2D eigenvalue weighted by Gasteiger charge is 2.27. The summed E-state index contributed by atoms with van der Waals surface area (Å²) in [6.45, 7) is 2.24. The zero-order chi connectivity index (χ0) is 19.9. The Morgan fingerprint density at radius 2 is 1.79 bits per heavy atom. The van der Waals surface area contributed by atoms with E-state index in [2.05, 4.69) is 13.0 Å². The van der Waals surface area contributed by atoms with Crippen LogP contribution in [-0.4, -0.2) is 11.1 Å². The molecule has 0 bridgehead atoms. The van der Waals surface area contributed by atoms with E-state index in [4.69, 9.17) is 5.26 Å². The van der Waals surface area contributed by atoms with Crippen molar-refractivity contribution in [2.45, 2.75) is 64.2 Å². The third kappa shape index (κ3) is 4.62. The summed E-state index contributed by atoms with van der Waals surface area (Å²) in [5, 5.41) is 18.9. The van der Waals surface area contributed by atoms with E-state index in [1.165, 1.54) is 38.5 Å². The van der Waals surface area contributed by atoms with Crippen LogP contribution < -0.4 is 0 Å². The molecule has 1 N–H and O–H groups in total. The van der Waals surface area contributed by atoms with E-state index in [0.29, 0.717) is 17.0 Å². The van der Waals surface area contributed by atoms with Crippen molar-refractivity contribution in [1.82, 2.24) is 0 Å². The van der Waals surface area contributed by atoms with Gasteiger partial charge in [-0.3, -0.25) is 0 Å². The summed E-state index contributed by atoms with van der Waals surface area (Å²) in [5.74, 6) is 0.231. The van der Waals surface area contributed by atoms with Gasteiger partial charge < -0.3 is 5.11 Å². The van der Waals surface area contributed by atoms with Gasteiger partial charge in [-0.05, 0) is 72.4 Å². The second-order valence-electron chi connectivity index (χ2n) is 7.97. The molecule has 0 aliphatic heterocycles. The summed E-state index contributed by atoms with van der Waals surface area (Å²) in [4.78, 5) is 11.9. The molecule has 0 heterocycles. The van der Waals surface area contributed by atoms with Gasteiger partial charge in [0.05, 0.1) is 17.2 Å². The van der Waals surface area contributed by atoms with Gasteiger partial charge in [0.25, 0.3) is 0 Å². The van der Waals surface area contributed by atoms with Crippen LogP contribution in [-0.2, 0) is 0 Å². The number of unbranched alkanes of at least 4 members (excludes halogenated alkanes) is 2. The highest BCUT2D eigenvalue weighted by atomic mass is 16.4. The van der Waals surface area contributed by atoms with Gasteiger partial charge in [-0.1, -0.05) is 56.9 Å². The maximum absolute atomic E-state index is 11.9. The first-order chi connectivity index (χ1) is 13.6. The Kier molecular flexibility index (Phi) is 6.87. The van der Waals surface area contributed by atoms with Crippen molar-refractivity contribution in [1.29, 1.82) is 5.26 Å². The van der Waals surface area contributed by atoms with Crippen LogP contribution >= 0.6 is 0 Å². The third-order valence-electron chi connectivity index (χ3n) is 6.13. The molecule has 0 aromatic heterocycles. The number of aromatic carboxylic acids is 1. The van der Waals surface area contributed by atoms with E-state index in [0.717, 1.165) is 35.4 Å². The highest BCUT2D eigenvalue weighted by Crippen LogP contribution is 2.42. The largest absolute Gasteiger partial charge is 0.478 e. The molecule has 1 fully saturated rings. The van der Waals surface area contributed by atoms with Gasteiger partial charge in [-0.15, -0.1) is 0 Å². The van der Waals surface area contributed by atoms with Crippen molar-refractivity contribution in [2.75, 3.05) is 0 Å². The first kappa shape index (κ1) is 20.1. The molecule has 146 valence electrons. The summed E-state index contributed by atoms with van der Waals surface area (Å²) in [5.41, 5.74) is 4.01. The van der Waals surface area contributed by atoms with Gasteiger partial charge in [0, 0.05) is 0 Å². The first-order valence-corrected chi connectivity index (χ1v) is 10.5. The van der Waals surface area contributed by atoms with Crippen molar-refractivity contribution < 1.29 is 9.90 Å². The number of rotatable bonds is 7. The van der Waals surface area contributed by atoms with Crippen LogP contribution in [0.4, 0.5) is 0 Å². The van der Waals surface area contributed by atoms with Crippen LogP contribution in [0.15, 0.2) is 42.5 Å². The fourth-order valence-corrected chi connectivity index (χ4v) is 4.59. The molecule has 0 spiro atoms. The fourth-order valence-electron chi connectivity index (χ4n) is 4.59. The van der Waals surface area contributed by atoms with Crippen LogP contribution in [0.25, 0.3) is 11.1 Å². The maximum Gasteiger partial charge on any atom is 0.335 e. The van der Waals surface area contributed by atoms with Crippen molar-refractivity contribution in [3.05, 3.63) is 59.2 Å². The van der Waals surface area contributed by atoms with Gasteiger partial charge in [0.2, 0.25) is 0 Å². The van der Waals surface area contributed by atoms with Crippen molar-refractivity contribution in [3.63, 3.8) is 0 Å². The number of nitriles is 1. The Hall–Kier alpha value is -2.60. The normalized spacial score (nSPS) is 19.1. The molecule has 2 aromatic carbocycles. The molecular formula is C25H29NO2. The van der Waals surface area contributed by atoms with Gasteiger partial charge in [0.15, 0.2) is 0 Å². The Bertz CT molecular complexity index is 840. The van der Waals surface area contributed by atoms with E-state index < -0.39 is 5.97 Å². The molecule has 28 heavy (non-hydrogen) atoms. The van der Waals surface area contributed by atoms with Gasteiger partial charge in [-0.2, -0.15) is 5.26 Å². The number of nitrogens with zero attached hydrogens (tertiary/aromatic N) is 1. The minimum Gasteiger partial charge on any atom is -0.478 e. The van der Waals surface area contributed by atoms with Crippen LogP contribution in [0.3, 0.4) is 0 Å². The Balaban J connectivity index is 1.87. The Labute approximate surface area is 168 Å². The lowest BCUT2D eigenvalue weighted by atomic mass is 9.74. The lowest BCUT2D eigenvalue weighted by Crippen LogP contribution is -2.17. The molecule has 3 heteroatoms. The summed E-state index contributed by atoms with van der Waals surface area (Å²) in [6.07, 6.45) is 9.69. The number of hydrogen-bond donors (Lipinski definition) is 1. The predicted molar refractivity (Wildman–Crippen MR) is 112 cm³/mol. The zero-order valence-corrected chi connectivity index (χ0v) is 16.7. The first-order valence-electron chi connectivity index (χ1n) is 10.5. The summed E-state index contributed by atoms with van der Waals surface area (Å²) < 4.78 is 0. The van der Waals surface area contributed by atoms with Crippen LogP contribution in [0, 0.1) is 17.2 Å². The second kappa shape index (κ2) is 9.55. The van der Waals surface area contributed by atoms with Gasteiger partial charge >= 0.3 is 5.97 Å². The van der Waals surface area contributed by atoms with Crippen LogP contribution in [0.5, 0.6) is 0 Å². The molecule has 1 aliphatic carbocycles. The number of carbonyl (C=O) groups is 1. The van der Waals surface area contributed by atoms with E-state index in [9.17, 15) is 9.90 Å². The standard InChI is InChI=1S/C25H29NO2/c1-2-3-4-6-18-9-15-21(16-10-18)24-22(7-5-8-23(24)25(27)28)20-13-11-19(17-26)12-14-20/h5,7-8,11-14,18,21H,2-4,6,9-10,15-16H2,1H3,(H,27,28)/t18-,21-. The van der Waals surface area contributed by atoms with E-state index >= 15 is 0 Å². The van der Waals surface area contributed by atoms with Crippen molar-refractivity contribution >= 4 is 5.97 Å². The average molecular weight is 376 g/mol. The molecule has 2 aromatic rings. The minimum absolute atomic E-state index is 0.292. The Morgan fingerprint density at radius 3 is 2.39 bits per heavy atom. The SMILES string of the molecule is CCCCC[C@H]1CC[C@H](c2c(C(=O)O)cccc2-c2ccc(C#N)cc2)CC1. The molecule has 3 nitrogen and oxygen atoms in total. The predicted octanol–water partition coefficient (Wildman–Crippen LogP) is 6.78. The summed E-state index contributed by atoms with van der Waals surface area (Å²) >= 11 is 0. The lowest BCUT2D eigenvalue weighted by Gasteiger charge is -2.31. The van der Waals surface area contributed by atoms with Crippen LogP contribution in [0.2, 0.25) is 0 Å². The number of carboxylic acids is 1. The molecule has 0 radical (unpaired) electrons. The van der Waals surface area contributed by atoms with E-state index in [-0.39, 0.29) is 0 Å². The molecule has 1 saturated carbocycles. The quantitative estimate of drug-likeness (QED) is 0.543. The van der Waals surface area contributed by atoms with Gasteiger partial charge in [0.1, 0.15) is 0 Å². The van der Waals surface area contributed by atoms with E-state index in [1.54, 1.807) is 18.2 Å². The lowest BCUT2D eigenvalue weighted by molar-refractivity contribution is 0.0694. The molecule has 0 amide bonds. The molecule has 1 aliphatic rings. The molecule has 0 saturated heterocycles. The topological polar surface area (TPSA) is 61.1 Å². The third-order valence-corrected chi connectivity index (χ3v) is 6.13. The van der Waals surface area contributed by atoms with Crippen molar-refractivity contribution in [2.24, 2.45) is 5.92 Å². The number of benzene rings is 2. The minimum atomic E-state index is -0.851. The smallest absolute Gasteiger partial charge is 0.335 e. The number of carboxylic acid groups (broad SMARTS) is 1. The molecular weight excluding hydrogens is 346 g/mol. The number of hydrogen-bond acceptors (Lipinski definition) is 2. The summed E-state index contributed by atoms with van der Waals surface area (Å²) in [6, 6.07) is 15.2. The fraction of sp³-hybridized carbons (Fsp3) is 0.440. The Morgan fingerprint density at radius 1 is 1.07 bits per heavy atom.